The largest absolute Gasteiger partial charge is 0.497 e. The summed E-state index contributed by atoms with van der Waals surface area (Å²) in [6.45, 7) is 5.25. The first kappa shape index (κ1) is 28.3. The molecule has 0 saturated carbocycles. The molecule has 40 heavy (non-hydrogen) atoms. The second-order valence-corrected chi connectivity index (χ2v) is 9.97. The monoisotopic (exact) mass is 547 g/mol. The van der Waals surface area contributed by atoms with Gasteiger partial charge in [0, 0.05) is 11.8 Å². The minimum atomic E-state index is -0.962. The van der Waals surface area contributed by atoms with E-state index in [-0.39, 0.29) is 19.8 Å². The van der Waals surface area contributed by atoms with Crippen LogP contribution in [0.4, 0.5) is 4.79 Å². The molecule has 1 amide bonds. The van der Waals surface area contributed by atoms with E-state index in [1.165, 1.54) is 4.85 Å². The molecule has 210 valence electrons. The highest BCUT2D eigenvalue weighted by Crippen LogP contribution is 2.17. The standard InChI is InChI=1S/C30H33N3O7/c1-30(2,3)40-29(35)32-26(28(34)37-19-22-11-13-24(36-4)14-12-22)17-21-9-15-25(16-10-21)38-20-39-33-27-8-6-5-7-23(27)18-31-33/h5-16,18,26H,17,19-20H2,1-4H3,(H,32,35)/t26-/m1/s1. The van der Waals surface area contributed by atoms with Crippen LogP contribution in [0.15, 0.2) is 79.0 Å². The lowest BCUT2D eigenvalue weighted by molar-refractivity contribution is -0.147. The smallest absolute Gasteiger partial charge is 0.408 e. The Morgan fingerprint density at radius 2 is 1.60 bits per heavy atom. The van der Waals surface area contributed by atoms with Crippen molar-refractivity contribution >= 4 is 23.0 Å². The average molecular weight is 548 g/mol. The van der Waals surface area contributed by atoms with Crippen molar-refractivity contribution in [2.75, 3.05) is 13.9 Å². The molecule has 0 saturated heterocycles. The van der Waals surface area contributed by atoms with E-state index >= 15 is 0 Å². The highest BCUT2D eigenvalue weighted by atomic mass is 16.8. The summed E-state index contributed by atoms with van der Waals surface area (Å²) in [5, 5.41) is 7.80. The molecule has 4 aromatic rings. The lowest BCUT2D eigenvalue weighted by Crippen LogP contribution is -2.45. The molecule has 10 heteroatoms. The van der Waals surface area contributed by atoms with Crippen LogP contribution in [-0.2, 0) is 27.3 Å². The molecule has 0 unspecified atom stereocenters. The minimum Gasteiger partial charge on any atom is -0.497 e. The van der Waals surface area contributed by atoms with Gasteiger partial charge in [0.1, 0.15) is 35.3 Å². The SMILES string of the molecule is COc1ccc(COC(=O)[C@@H](Cc2ccc(OCOn3ncc4ccccc43)cc2)NC(=O)OC(C)(C)C)cc1. The number of benzene rings is 3. The van der Waals surface area contributed by atoms with Gasteiger partial charge in [-0.15, -0.1) is 5.10 Å². The summed E-state index contributed by atoms with van der Waals surface area (Å²) in [5.74, 6) is 0.689. The number of amides is 1. The highest BCUT2D eigenvalue weighted by Gasteiger charge is 2.26. The van der Waals surface area contributed by atoms with Crippen LogP contribution in [0.2, 0.25) is 0 Å². The number of methoxy groups -OCH3 is 1. The van der Waals surface area contributed by atoms with Crippen molar-refractivity contribution in [3.63, 3.8) is 0 Å². The number of carbonyl (C=O) groups excluding carboxylic acids is 2. The number of esters is 1. The lowest BCUT2D eigenvalue weighted by atomic mass is 10.1. The van der Waals surface area contributed by atoms with E-state index in [0.717, 1.165) is 22.0 Å². The summed E-state index contributed by atoms with van der Waals surface area (Å²) in [4.78, 5) is 32.5. The number of fused-ring (bicyclic) bond motifs is 1. The fraction of sp³-hybridized carbons (Fsp3) is 0.300. The minimum absolute atomic E-state index is 0.0492. The number of nitrogens with zero attached hydrogens (tertiary/aromatic N) is 2. The van der Waals surface area contributed by atoms with Gasteiger partial charge in [-0.25, -0.2) is 9.59 Å². The van der Waals surface area contributed by atoms with Crippen LogP contribution in [0.1, 0.15) is 31.9 Å². The first-order valence-electron chi connectivity index (χ1n) is 12.8. The van der Waals surface area contributed by atoms with Crippen molar-refractivity contribution in [1.82, 2.24) is 15.3 Å². The first-order chi connectivity index (χ1) is 19.2. The lowest BCUT2D eigenvalue weighted by Gasteiger charge is -2.23. The van der Waals surface area contributed by atoms with Crippen molar-refractivity contribution < 1.29 is 33.4 Å². The Balaban J connectivity index is 1.35. The molecule has 0 radical (unpaired) electrons. The molecule has 0 aliphatic carbocycles. The highest BCUT2D eigenvalue weighted by molar-refractivity contribution is 5.82. The number of para-hydroxylation sites is 1. The molecule has 0 aliphatic heterocycles. The Labute approximate surface area is 232 Å². The third kappa shape index (κ3) is 8.13. The van der Waals surface area contributed by atoms with Gasteiger partial charge in [0.25, 0.3) is 6.79 Å². The van der Waals surface area contributed by atoms with E-state index in [2.05, 4.69) is 10.4 Å². The molecule has 1 atom stereocenters. The van der Waals surface area contributed by atoms with Crippen LogP contribution in [-0.4, -0.2) is 47.6 Å². The van der Waals surface area contributed by atoms with E-state index in [0.29, 0.717) is 11.5 Å². The Morgan fingerprint density at radius 3 is 2.30 bits per heavy atom. The van der Waals surface area contributed by atoms with E-state index in [1.54, 1.807) is 82.6 Å². The van der Waals surface area contributed by atoms with Gasteiger partial charge in [0.15, 0.2) is 0 Å². The van der Waals surface area contributed by atoms with Gasteiger partial charge < -0.3 is 29.1 Å². The molecule has 1 heterocycles. The second kappa shape index (κ2) is 12.9. The number of hydrogen-bond donors (Lipinski definition) is 1. The maximum Gasteiger partial charge on any atom is 0.408 e. The predicted molar refractivity (Wildman–Crippen MR) is 148 cm³/mol. The predicted octanol–water partition coefficient (Wildman–Crippen LogP) is 4.69. The molecule has 0 aliphatic rings. The van der Waals surface area contributed by atoms with Crippen LogP contribution >= 0.6 is 0 Å². The normalized spacial score (nSPS) is 11.9. The van der Waals surface area contributed by atoms with Gasteiger partial charge >= 0.3 is 12.1 Å². The molecule has 0 spiro atoms. The molecule has 1 aromatic heterocycles. The molecule has 4 rings (SSSR count). The molecular weight excluding hydrogens is 514 g/mol. The fourth-order valence-corrected chi connectivity index (χ4v) is 3.77. The van der Waals surface area contributed by atoms with Gasteiger partial charge in [0.2, 0.25) is 0 Å². The van der Waals surface area contributed by atoms with Gasteiger partial charge in [-0.05, 0) is 62.2 Å². The zero-order valence-electron chi connectivity index (χ0n) is 23.0. The van der Waals surface area contributed by atoms with Crippen LogP contribution in [0, 0.1) is 0 Å². The number of ether oxygens (including phenoxy) is 4. The van der Waals surface area contributed by atoms with E-state index < -0.39 is 23.7 Å². The van der Waals surface area contributed by atoms with Gasteiger partial charge in [-0.1, -0.05) is 47.3 Å². The zero-order chi connectivity index (χ0) is 28.5. The van der Waals surface area contributed by atoms with Crippen molar-refractivity contribution in [3.8, 4) is 11.5 Å². The molecular formula is C30H33N3O7. The molecule has 3 aromatic carbocycles. The van der Waals surface area contributed by atoms with Crippen LogP contribution in [0.5, 0.6) is 11.5 Å². The van der Waals surface area contributed by atoms with Crippen LogP contribution < -0.4 is 19.6 Å². The number of hydrogen-bond acceptors (Lipinski definition) is 8. The average Bonchev–Trinajstić information content (AvgIpc) is 3.34. The number of carbonyl (C=O) groups is 2. The first-order valence-corrected chi connectivity index (χ1v) is 12.8. The Morgan fingerprint density at radius 1 is 0.925 bits per heavy atom. The molecule has 0 bridgehead atoms. The second-order valence-electron chi connectivity index (χ2n) is 9.97. The fourth-order valence-electron chi connectivity index (χ4n) is 3.77. The van der Waals surface area contributed by atoms with Crippen molar-refractivity contribution in [3.05, 3.63) is 90.1 Å². The summed E-state index contributed by atoms with van der Waals surface area (Å²) in [6, 6.07) is 21.0. The maximum absolute atomic E-state index is 13.0. The quantitative estimate of drug-likeness (QED) is 0.213. The Hall–Kier alpha value is -4.73. The number of aromatic nitrogens is 2. The van der Waals surface area contributed by atoms with E-state index in [1.807, 2.05) is 24.3 Å². The number of nitrogens with one attached hydrogen (secondary N) is 1. The summed E-state index contributed by atoms with van der Waals surface area (Å²) < 4.78 is 21.7. The Kier molecular flexibility index (Phi) is 9.11. The van der Waals surface area contributed by atoms with Crippen molar-refractivity contribution in [1.29, 1.82) is 0 Å². The van der Waals surface area contributed by atoms with E-state index in [4.69, 9.17) is 23.8 Å². The van der Waals surface area contributed by atoms with Gasteiger partial charge in [0.05, 0.1) is 13.3 Å². The molecule has 1 N–H and O–H groups in total. The summed E-state index contributed by atoms with van der Waals surface area (Å²) in [6.07, 6.45) is 1.20. The zero-order valence-corrected chi connectivity index (χ0v) is 23.0. The summed E-state index contributed by atoms with van der Waals surface area (Å²) in [5.41, 5.74) is 1.69. The van der Waals surface area contributed by atoms with Crippen molar-refractivity contribution in [2.24, 2.45) is 0 Å². The van der Waals surface area contributed by atoms with Gasteiger partial charge in [-0.3, -0.25) is 0 Å². The van der Waals surface area contributed by atoms with Crippen molar-refractivity contribution in [2.45, 2.75) is 45.4 Å². The third-order valence-electron chi connectivity index (χ3n) is 5.72. The number of alkyl carbamates (subject to hydrolysis) is 1. The maximum atomic E-state index is 13.0. The summed E-state index contributed by atoms with van der Waals surface area (Å²) in [7, 11) is 1.58. The topological polar surface area (TPSA) is 110 Å². The molecule has 10 nitrogen and oxygen atoms in total. The Bertz CT molecular complexity index is 1410. The van der Waals surface area contributed by atoms with Crippen LogP contribution in [0.25, 0.3) is 10.9 Å². The third-order valence-corrected chi connectivity index (χ3v) is 5.72. The van der Waals surface area contributed by atoms with Gasteiger partial charge in [-0.2, -0.15) is 0 Å². The number of rotatable bonds is 11. The molecule has 0 fully saturated rings. The van der Waals surface area contributed by atoms with E-state index in [9.17, 15) is 9.59 Å². The van der Waals surface area contributed by atoms with Crippen LogP contribution in [0.3, 0.4) is 0 Å². The summed E-state index contributed by atoms with van der Waals surface area (Å²) >= 11 is 0.